The minimum absolute atomic E-state index is 0.0630. The van der Waals surface area contributed by atoms with Crippen LogP contribution in [0.15, 0.2) is 29.8 Å². The highest BCUT2D eigenvalue weighted by Crippen LogP contribution is 2.35. The average Bonchev–Trinajstić information content (AvgIpc) is 3.27. The third-order valence-corrected chi connectivity index (χ3v) is 4.44. The molecule has 0 spiro atoms. The standard InChI is InChI=1S/C16H18N2O3S/c1-20-12-4-3-5-13(21-2)15(12)16(19)18(11-6-7-11)10-14-17-8-9-22-14/h3-5,8-9,11H,6-7,10H2,1-2H3. The van der Waals surface area contributed by atoms with Crippen molar-refractivity contribution < 1.29 is 14.3 Å². The summed E-state index contributed by atoms with van der Waals surface area (Å²) in [5, 5.41) is 2.86. The quantitative estimate of drug-likeness (QED) is 0.821. The number of ether oxygens (including phenoxy) is 2. The van der Waals surface area contributed by atoms with Gasteiger partial charge in [-0.3, -0.25) is 4.79 Å². The van der Waals surface area contributed by atoms with Crippen LogP contribution < -0.4 is 9.47 Å². The van der Waals surface area contributed by atoms with Crippen molar-refractivity contribution in [3.63, 3.8) is 0 Å². The summed E-state index contributed by atoms with van der Waals surface area (Å²) in [5.41, 5.74) is 0.482. The lowest BCUT2D eigenvalue weighted by Crippen LogP contribution is -2.33. The van der Waals surface area contributed by atoms with Crippen LogP contribution in [0.1, 0.15) is 28.2 Å². The van der Waals surface area contributed by atoms with Crippen molar-refractivity contribution in [2.45, 2.75) is 25.4 Å². The summed E-state index contributed by atoms with van der Waals surface area (Å²) < 4.78 is 10.7. The van der Waals surface area contributed by atoms with Crippen molar-refractivity contribution in [1.82, 2.24) is 9.88 Å². The van der Waals surface area contributed by atoms with Crippen LogP contribution in [0.2, 0.25) is 0 Å². The number of nitrogens with zero attached hydrogens (tertiary/aromatic N) is 2. The number of amides is 1. The molecule has 1 heterocycles. The number of methoxy groups -OCH3 is 2. The van der Waals surface area contributed by atoms with Crippen LogP contribution in [-0.4, -0.2) is 36.1 Å². The van der Waals surface area contributed by atoms with Crippen molar-refractivity contribution in [1.29, 1.82) is 0 Å². The van der Waals surface area contributed by atoms with E-state index in [4.69, 9.17) is 9.47 Å². The molecule has 1 aromatic carbocycles. The van der Waals surface area contributed by atoms with E-state index >= 15 is 0 Å². The number of aromatic nitrogens is 1. The molecule has 5 nitrogen and oxygen atoms in total. The van der Waals surface area contributed by atoms with E-state index in [1.165, 1.54) is 0 Å². The van der Waals surface area contributed by atoms with Crippen LogP contribution in [0.3, 0.4) is 0 Å². The number of carbonyl (C=O) groups excluding carboxylic acids is 1. The lowest BCUT2D eigenvalue weighted by molar-refractivity contribution is 0.0722. The van der Waals surface area contributed by atoms with Crippen molar-refractivity contribution in [2.75, 3.05) is 14.2 Å². The Kier molecular flexibility index (Phi) is 4.29. The first-order chi connectivity index (χ1) is 10.7. The van der Waals surface area contributed by atoms with E-state index in [0.29, 0.717) is 23.6 Å². The average molecular weight is 318 g/mol. The van der Waals surface area contributed by atoms with E-state index < -0.39 is 0 Å². The van der Waals surface area contributed by atoms with Crippen molar-refractivity contribution in [2.24, 2.45) is 0 Å². The Morgan fingerprint density at radius 2 is 2.00 bits per heavy atom. The molecule has 1 amide bonds. The summed E-state index contributed by atoms with van der Waals surface area (Å²) in [6.45, 7) is 0.530. The van der Waals surface area contributed by atoms with Gasteiger partial charge in [0.05, 0.1) is 20.8 Å². The molecular weight excluding hydrogens is 300 g/mol. The number of rotatable bonds is 6. The Morgan fingerprint density at radius 3 is 2.50 bits per heavy atom. The molecule has 0 aliphatic heterocycles. The van der Waals surface area contributed by atoms with Crippen LogP contribution in [-0.2, 0) is 6.54 Å². The molecule has 0 bridgehead atoms. The number of carbonyl (C=O) groups is 1. The molecule has 22 heavy (non-hydrogen) atoms. The third-order valence-electron chi connectivity index (χ3n) is 3.68. The Hall–Kier alpha value is -2.08. The first-order valence-corrected chi connectivity index (χ1v) is 8.03. The monoisotopic (exact) mass is 318 g/mol. The summed E-state index contributed by atoms with van der Waals surface area (Å²) in [6, 6.07) is 5.66. The second-order valence-corrected chi connectivity index (χ2v) is 6.11. The van der Waals surface area contributed by atoms with Crippen LogP contribution >= 0.6 is 11.3 Å². The third kappa shape index (κ3) is 2.92. The number of thiazole rings is 1. The summed E-state index contributed by atoms with van der Waals surface area (Å²) in [6.07, 6.45) is 3.84. The Bertz CT molecular complexity index is 631. The van der Waals surface area contributed by atoms with Gasteiger partial charge in [-0.25, -0.2) is 4.98 Å². The predicted molar refractivity (Wildman–Crippen MR) is 84.6 cm³/mol. The first-order valence-electron chi connectivity index (χ1n) is 7.15. The molecule has 0 radical (unpaired) electrons. The summed E-state index contributed by atoms with van der Waals surface area (Å²) in [7, 11) is 3.13. The molecule has 3 rings (SSSR count). The Labute approximate surface area is 133 Å². The maximum Gasteiger partial charge on any atom is 0.262 e. The topological polar surface area (TPSA) is 51.7 Å². The van der Waals surface area contributed by atoms with Gasteiger partial charge in [-0.05, 0) is 25.0 Å². The van der Waals surface area contributed by atoms with Gasteiger partial charge in [0.25, 0.3) is 5.91 Å². The zero-order chi connectivity index (χ0) is 15.5. The Morgan fingerprint density at radius 1 is 1.32 bits per heavy atom. The largest absolute Gasteiger partial charge is 0.496 e. The molecule has 0 saturated heterocycles. The maximum absolute atomic E-state index is 13.1. The summed E-state index contributed by atoms with van der Waals surface area (Å²) >= 11 is 1.56. The highest BCUT2D eigenvalue weighted by Gasteiger charge is 2.35. The van der Waals surface area contributed by atoms with Gasteiger partial charge in [-0.15, -0.1) is 11.3 Å². The SMILES string of the molecule is COc1cccc(OC)c1C(=O)N(Cc1nccs1)C1CC1. The van der Waals surface area contributed by atoms with Crippen LogP contribution in [0.5, 0.6) is 11.5 Å². The highest BCUT2D eigenvalue weighted by atomic mass is 32.1. The zero-order valence-electron chi connectivity index (χ0n) is 12.6. The van der Waals surface area contributed by atoms with Crippen molar-refractivity contribution >= 4 is 17.2 Å². The van der Waals surface area contributed by atoms with Gasteiger partial charge in [0.1, 0.15) is 22.1 Å². The van der Waals surface area contributed by atoms with E-state index in [1.807, 2.05) is 16.3 Å². The molecule has 0 atom stereocenters. The molecule has 1 saturated carbocycles. The predicted octanol–water partition coefficient (Wildman–Crippen LogP) is 2.97. The minimum Gasteiger partial charge on any atom is -0.496 e. The smallest absolute Gasteiger partial charge is 0.262 e. The van der Waals surface area contributed by atoms with Gasteiger partial charge >= 0.3 is 0 Å². The van der Waals surface area contributed by atoms with Gasteiger partial charge in [-0.2, -0.15) is 0 Å². The molecule has 0 N–H and O–H groups in total. The number of hydrogen-bond acceptors (Lipinski definition) is 5. The van der Waals surface area contributed by atoms with E-state index in [1.54, 1.807) is 43.9 Å². The van der Waals surface area contributed by atoms with Gasteiger partial charge in [0, 0.05) is 17.6 Å². The van der Waals surface area contributed by atoms with Crippen LogP contribution in [0.4, 0.5) is 0 Å². The van der Waals surface area contributed by atoms with E-state index in [2.05, 4.69) is 4.98 Å². The minimum atomic E-state index is -0.0630. The maximum atomic E-state index is 13.1. The van der Waals surface area contributed by atoms with E-state index in [0.717, 1.165) is 17.8 Å². The molecule has 1 aliphatic carbocycles. The highest BCUT2D eigenvalue weighted by molar-refractivity contribution is 7.09. The fraction of sp³-hybridized carbons (Fsp3) is 0.375. The fourth-order valence-corrected chi connectivity index (χ4v) is 3.05. The fourth-order valence-electron chi connectivity index (χ4n) is 2.44. The summed E-state index contributed by atoms with van der Waals surface area (Å²) in [4.78, 5) is 19.2. The molecule has 1 aromatic heterocycles. The molecule has 1 aliphatic rings. The molecule has 0 unspecified atom stereocenters. The lowest BCUT2D eigenvalue weighted by Gasteiger charge is -2.23. The molecule has 2 aromatic rings. The van der Waals surface area contributed by atoms with Gasteiger partial charge < -0.3 is 14.4 Å². The summed E-state index contributed by atoms with van der Waals surface area (Å²) in [5.74, 6) is 1.01. The number of hydrogen-bond donors (Lipinski definition) is 0. The van der Waals surface area contributed by atoms with Crippen molar-refractivity contribution in [3.05, 3.63) is 40.3 Å². The molecule has 1 fully saturated rings. The van der Waals surface area contributed by atoms with Gasteiger partial charge in [-0.1, -0.05) is 6.07 Å². The molecular formula is C16H18N2O3S. The van der Waals surface area contributed by atoms with Gasteiger partial charge in [0.2, 0.25) is 0 Å². The van der Waals surface area contributed by atoms with E-state index in [9.17, 15) is 4.79 Å². The lowest BCUT2D eigenvalue weighted by atomic mass is 10.1. The first kappa shape index (κ1) is 14.8. The van der Waals surface area contributed by atoms with Crippen molar-refractivity contribution in [3.8, 4) is 11.5 Å². The second-order valence-electron chi connectivity index (χ2n) is 5.13. The normalized spacial score (nSPS) is 13.7. The van der Waals surface area contributed by atoms with Crippen LogP contribution in [0, 0.1) is 0 Å². The molecule has 116 valence electrons. The molecule has 6 heteroatoms. The number of benzene rings is 1. The Balaban J connectivity index is 1.93. The van der Waals surface area contributed by atoms with E-state index in [-0.39, 0.29) is 11.9 Å². The van der Waals surface area contributed by atoms with Crippen LogP contribution in [0.25, 0.3) is 0 Å². The second kappa shape index (κ2) is 6.36. The van der Waals surface area contributed by atoms with Gasteiger partial charge in [0.15, 0.2) is 0 Å². The zero-order valence-corrected chi connectivity index (χ0v) is 13.4.